The number of hydrogen-bond donors (Lipinski definition) is 3. The molecule has 2 amide bonds. The van der Waals surface area contributed by atoms with Gasteiger partial charge >= 0.3 is 6.18 Å². The molecular weight excluding hydrogens is 459 g/mol. The standard InChI is InChI=1S/C26H22F3N3O3/c27-26(28,29)19-8-6-17(7-9-19)25(35)31-12-11-18-15-32(22-4-2-1-3-20(18)22)14-16-5-10-21(24(30)34)23(33)13-16/h1-10,13,15,33H,11-12,14H2,(H2,30,34)(H,31,35). The molecule has 0 aliphatic rings. The summed E-state index contributed by atoms with van der Waals surface area (Å²) in [6.07, 6.45) is -1.99. The van der Waals surface area contributed by atoms with Gasteiger partial charge in [0.1, 0.15) is 5.75 Å². The van der Waals surface area contributed by atoms with Crippen molar-refractivity contribution < 1.29 is 27.9 Å². The summed E-state index contributed by atoms with van der Waals surface area (Å²) in [6, 6.07) is 16.5. The number of nitrogens with one attached hydrogen (secondary N) is 1. The predicted molar refractivity (Wildman–Crippen MR) is 125 cm³/mol. The molecule has 4 rings (SSSR count). The maximum atomic E-state index is 12.7. The quantitative estimate of drug-likeness (QED) is 0.363. The van der Waals surface area contributed by atoms with Crippen molar-refractivity contribution in [2.75, 3.05) is 6.54 Å². The number of phenols is 1. The van der Waals surface area contributed by atoms with Gasteiger partial charge in [0.15, 0.2) is 0 Å². The molecule has 0 aliphatic heterocycles. The smallest absolute Gasteiger partial charge is 0.416 e. The topological polar surface area (TPSA) is 97.4 Å². The summed E-state index contributed by atoms with van der Waals surface area (Å²) in [5.74, 6) is -1.34. The van der Waals surface area contributed by atoms with Gasteiger partial charge in [-0.2, -0.15) is 13.2 Å². The number of carbonyl (C=O) groups is 2. The molecule has 4 N–H and O–H groups in total. The van der Waals surface area contributed by atoms with Gasteiger partial charge in [-0.25, -0.2) is 0 Å². The summed E-state index contributed by atoms with van der Waals surface area (Å²) >= 11 is 0. The van der Waals surface area contributed by atoms with E-state index in [0.29, 0.717) is 19.5 Å². The average Bonchev–Trinajstić information content (AvgIpc) is 3.16. The molecule has 0 atom stereocenters. The minimum absolute atomic E-state index is 0.0515. The fourth-order valence-corrected chi connectivity index (χ4v) is 3.96. The van der Waals surface area contributed by atoms with Crippen LogP contribution < -0.4 is 11.1 Å². The molecule has 0 saturated heterocycles. The van der Waals surface area contributed by atoms with E-state index in [9.17, 15) is 27.9 Å². The second-order valence-corrected chi connectivity index (χ2v) is 8.10. The van der Waals surface area contributed by atoms with Crippen LogP contribution in [0.25, 0.3) is 10.9 Å². The number of nitrogens with two attached hydrogens (primary N) is 1. The molecule has 0 unspecified atom stereocenters. The van der Waals surface area contributed by atoms with E-state index in [-0.39, 0.29) is 16.9 Å². The lowest BCUT2D eigenvalue weighted by atomic mass is 10.1. The molecule has 1 aromatic heterocycles. The first-order valence-corrected chi connectivity index (χ1v) is 10.8. The number of nitrogens with zero attached hydrogens (tertiary/aromatic N) is 1. The van der Waals surface area contributed by atoms with Gasteiger partial charge in [0, 0.05) is 35.8 Å². The number of carbonyl (C=O) groups excluding carboxylic acids is 2. The van der Waals surface area contributed by atoms with Crippen LogP contribution in [0.2, 0.25) is 0 Å². The van der Waals surface area contributed by atoms with E-state index >= 15 is 0 Å². The first-order valence-electron chi connectivity index (χ1n) is 10.8. The third-order valence-electron chi connectivity index (χ3n) is 5.71. The summed E-state index contributed by atoms with van der Waals surface area (Å²) in [5.41, 5.74) is 7.35. The van der Waals surface area contributed by atoms with Crippen LogP contribution in [0.5, 0.6) is 5.75 Å². The highest BCUT2D eigenvalue weighted by atomic mass is 19.4. The first-order chi connectivity index (χ1) is 16.6. The zero-order valence-electron chi connectivity index (χ0n) is 18.5. The number of aromatic hydroxyl groups is 1. The summed E-state index contributed by atoms with van der Waals surface area (Å²) in [7, 11) is 0. The normalized spacial score (nSPS) is 11.5. The molecule has 3 aromatic carbocycles. The number of fused-ring (bicyclic) bond motifs is 1. The van der Waals surface area contributed by atoms with Crippen LogP contribution in [-0.2, 0) is 19.1 Å². The summed E-state index contributed by atoms with van der Waals surface area (Å²) in [6.45, 7) is 0.729. The van der Waals surface area contributed by atoms with E-state index in [1.807, 2.05) is 35.0 Å². The van der Waals surface area contributed by atoms with Crippen LogP contribution in [0.1, 0.15) is 37.4 Å². The highest BCUT2D eigenvalue weighted by Crippen LogP contribution is 2.29. The zero-order chi connectivity index (χ0) is 25.2. The largest absolute Gasteiger partial charge is 0.507 e. The van der Waals surface area contributed by atoms with Crippen molar-refractivity contribution in [1.29, 1.82) is 0 Å². The Kier molecular flexibility index (Phi) is 6.50. The van der Waals surface area contributed by atoms with Crippen LogP contribution in [0.3, 0.4) is 0 Å². The van der Waals surface area contributed by atoms with Gasteiger partial charge in [-0.3, -0.25) is 9.59 Å². The van der Waals surface area contributed by atoms with Crippen molar-refractivity contribution in [2.24, 2.45) is 5.73 Å². The number of rotatable bonds is 7. The van der Waals surface area contributed by atoms with Gasteiger partial charge < -0.3 is 20.7 Å². The van der Waals surface area contributed by atoms with E-state index in [1.165, 1.54) is 12.1 Å². The van der Waals surface area contributed by atoms with Crippen LogP contribution in [0.4, 0.5) is 13.2 Å². The predicted octanol–water partition coefficient (Wildman–Crippen LogP) is 4.49. The molecule has 4 aromatic rings. The maximum absolute atomic E-state index is 12.7. The molecular formula is C26H22F3N3O3. The lowest BCUT2D eigenvalue weighted by Crippen LogP contribution is -2.25. The molecule has 0 radical (unpaired) electrons. The number of aromatic nitrogens is 1. The lowest BCUT2D eigenvalue weighted by molar-refractivity contribution is -0.137. The highest BCUT2D eigenvalue weighted by molar-refractivity contribution is 5.95. The Balaban J connectivity index is 1.46. The van der Waals surface area contributed by atoms with Crippen molar-refractivity contribution >= 4 is 22.7 Å². The molecule has 0 spiro atoms. The Morgan fingerprint density at radius 1 is 1.00 bits per heavy atom. The van der Waals surface area contributed by atoms with Gasteiger partial charge in [-0.1, -0.05) is 24.3 Å². The number of halogens is 3. The number of primary amides is 1. The highest BCUT2D eigenvalue weighted by Gasteiger charge is 2.30. The second-order valence-electron chi connectivity index (χ2n) is 8.10. The Morgan fingerprint density at radius 2 is 1.71 bits per heavy atom. The van der Waals surface area contributed by atoms with Gasteiger partial charge in [-0.05, 0) is 60.0 Å². The van der Waals surface area contributed by atoms with E-state index in [4.69, 9.17) is 5.73 Å². The molecule has 35 heavy (non-hydrogen) atoms. The summed E-state index contributed by atoms with van der Waals surface area (Å²) in [4.78, 5) is 23.7. The molecule has 180 valence electrons. The fraction of sp³-hybridized carbons (Fsp3) is 0.154. The van der Waals surface area contributed by atoms with Gasteiger partial charge in [-0.15, -0.1) is 0 Å². The number of hydrogen-bond acceptors (Lipinski definition) is 3. The fourth-order valence-electron chi connectivity index (χ4n) is 3.96. The molecule has 0 bridgehead atoms. The number of benzene rings is 3. The Bertz CT molecular complexity index is 1390. The van der Waals surface area contributed by atoms with Gasteiger partial charge in [0.05, 0.1) is 11.1 Å². The SMILES string of the molecule is NC(=O)c1ccc(Cn2cc(CCNC(=O)c3ccc(C(F)(F)F)cc3)c3ccccc32)cc1O. The van der Waals surface area contributed by atoms with Crippen molar-refractivity contribution in [1.82, 2.24) is 9.88 Å². The Labute approximate surface area is 198 Å². The van der Waals surface area contributed by atoms with Gasteiger partial charge in [0.25, 0.3) is 11.8 Å². The summed E-state index contributed by atoms with van der Waals surface area (Å²) in [5, 5.41) is 13.8. The molecule has 1 heterocycles. The van der Waals surface area contributed by atoms with Crippen LogP contribution >= 0.6 is 0 Å². The molecule has 6 nitrogen and oxygen atoms in total. The number of para-hydroxylation sites is 1. The molecule has 9 heteroatoms. The minimum atomic E-state index is -4.45. The van der Waals surface area contributed by atoms with Crippen molar-refractivity contribution in [2.45, 2.75) is 19.1 Å². The third-order valence-corrected chi connectivity index (χ3v) is 5.71. The molecule has 0 saturated carbocycles. The monoisotopic (exact) mass is 481 g/mol. The number of alkyl halides is 3. The average molecular weight is 481 g/mol. The second kappa shape index (κ2) is 9.54. The van der Waals surface area contributed by atoms with Crippen molar-refractivity contribution in [3.63, 3.8) is 0 Å². The van der Waals surface area contributed by atoms with Crippen molar-refractivity contribution in [3.8, 4) is 5.75 Å². The zero-order valence-corrected chi connectivity index (χ0v) is 18.5. The van der Waals surface area contributed by atoms with Crippen LogP contribution in [-0.4, -0.2) is 28.0 Å². The first kappa shape index (κ1) is 23.9. The molecule has 0 aliphatic carbocycles. The van der Waals surface area contributed by atoms with Gasteiger partial charge in [0.2, 0.25) is 0 Å². The van der Waals surface area contributed by atoms with Crippen LogP contribution in [0, 0.1) is 0 Å². The van der Waals surface area contributed by atoms with E-state index in [1.54, 1.807) is 6.07 Å². The maximum Gasteiger partial charge on any atom is 0.416 e. The molecule has 0 fully saturated rings. The lowest BCUT2D eigenvalue weighted by Gasteiger charge is -2.08. The van der Waals surface area contributed by atoms with E-state index in [0.717, 1.165) is 46.3 Å². The number of amides is 2. The van der Waals surface area contributed by atoms with E-state index < -0.39 is 23.6 Å². The van der Waals surface area contributed by atoms with Crippen LogP contribution in [0.15, 0.2) is 72.9 Å². The Morgan fingerprint density at radius 3 is 2.37 bits per heavy atom. The van der Waals surface area contributed by atoms with Crippen molar-refractivity contribution in [3.05, 3.63) is 101 Å². The minimum Gasteiger partial charge on any atom is -0.507 e. The van der Waals surface area contributed by atoms with E-state index in [2.05, 4.69) is 5.32 Å². The Hall–Kier alpha value is -4.27. The third kappa shape index (κ3) is 5.29. The summed E-state index contributed by atoms with van der Waals surface area (Å²) < 4.78 is 40.1.